The molecule has 0 unspecified atom stereocenters. The van der Waals surface area contributed by atoms with E-state index >= 15 is 0 Å². The average Bonchev–Trinajstić information content (AvgIpc) is 2.90. The first kappa shape index (κ1) is 24.1. The molecule has 0 fully saturated rings. The van der Waals surface area contributed by atoms with Crippen LogP contribution in [0.1, 0.15) is 59.6 Å². The van der Waals surface area contributed by atoms with Gasteiger partial charge >= 0.3 is 0 Å². The van der Waals surface area contributed by atoms with Gasteiger partial charge in [0.2, 0.25) is 0 Å². The van der Waals surface area contributed by atoms with E-state index in [4.69, 9.17) is 0 Å². The molecule has 0 aliphatic carbocycles. The van der Waals surface area contributed by atoms with Crippen LogP contribution in [0.25, 0.3) is 10.8 Å². The second-order valence-electron chi connectivity index (χ2n) is 8.68. The third kappa shape index (κ3) is 6.50. The standard InChI is InChI=1S/C34H29F/c1-3-5-7-26-9-11-27(12-10-26)13-14-28-15-17-29(18-16-28)19-20-30-21-24-33-32(25-30)23-22-31(34(33)35)8-6-4-2/h4,9-12,15-18,21-25H,2-3,5-8H2,1H3. The van der Waals surface area contributed by atoms with Crippen LogP contribution in [-0.4, -0.2) is 0 Å². The zero-order valence-corrected chi connectivity index (χ0v) is 20.2. The molecule has 0 aliphatic heterocycles. The van der Waals surface area contributed by atoms with E-state index in [0.717, 1.165) is 46.0 Å². The molecule has 0 bridgehead atoms. The van der Waals surface area contributed by atoms with Gasteiger partial charge in [0, 0.05) is 27.6 Å². The van der Waals surface area contributed by atoms with Crippen LogP contribution in [0.5, 0.6) is 0 Å². The summed E-state index contributed by atoms with van der Waals surface area (Å²) < 4.78 is 14.8. The number of halogens is 1. The van der Waals surface area contributed by atoms with Gasteiger partial charge in [-0.2, -0.15) is 0 Å². The van der Waals surface area contributed by atoms with Gasteiger partial charge in [-0.15, -0.1) is 6.58 Å². The second kappa shape index (κ2) is 11.9. The van der Waals surface area contributed by atoms with Gasteiger partial charge in [0.15, 0.2) is 0 Å². The average molecular weight is 457 g/mol. The molecular weight excluding hydrogens is 427 g/mol. The molecule has 0 radical (unpaired) electrons. The lowest BCUT2D eigenvalue weighted by atomic mass is 10.0. The van der Waals surface area contributed by atoms with E-state index in [1.165, 1.54) is 18.4 Å². The van der Waals surface area contributed by atoms with Gasteiger partial charge in [-0.1, -0.05) is 73.4 Å². The number of hydrogen-bond acceptors (Lipinski definition) is 0. The maximum absolute atomic E-state index is 14.8. The number of aryl methyl sites for hydroxylation is 2. The summed E-state index contributed by atoms with van der Waals surface area (Å²) in [5, 5.41) is 1.50. The van der Waals surface area contributed by atoms with Gasteiger partial charge in [0.25, 0.3) is 0 Å². The third-order valence-electron chi connectivity index (χ3n) is 6.01. The molecule has 4 rings (SSSR count). The van der Waals surface area contributed by atoms with E-state index < -0.39 is 0 Å². The van der Waals surface area contributed by atoms with Crippen molar-refractivity contribution < 1.29 is 4.39 Å². The summed E-state index contributed by atoms with van der Waals surface area (Å²) in [4.78, 5) is 0. The molecule has 0 aliphatic rings. The smallest absolute Gasteiger partial charge is 0.134 e. The Hall–Kier alpha value is -4.07. The zero-order valence-electron chi connectivity index (χ0n) is 20.2. The lowest BCUT2D eigenvalue weighted by Crippen LogP contribution is -1.92. The fraction of sp³-hybridized carbons (Fsp3) is 0.176. The Balaban J connectivity index is 1.44. The minimum absolute atomic E-state index is 0.145. The first-order valence-electron chi connectivity index (χ1n) is 12.2. The van der Waals surface area contributed by atoms with Crippen LogP contribution < -0.4 is 0 Å². The number of allylic oxidation sites excluding steroid dienone is 1. The first-order chi connectivity index (χ1) is 17.2. The summed E-state index contributed by atoms with van der Waals surface area (Å²) in [7, 11) is 0. The minimum atomic E-state index is -0.145. The first-order valence-corrected chi connectivity index (χ1v) is 12.2. The van der Waals surface area contributed by atoms with E-state index in [1.807, 2.05) is 60.7 Å². The maximum atomic E-state index is 14.8. The molecule has 1 heteroatoms. The lowest BCUT2D eigenvalue weighted by Gasteiger charge is -2.06. The van der Waals surface area contributed by atoms with E-state index in [9.17, 15) is 4.39 Å². The largest absolute Gasteiger partial charge is 0.206 e. The lowest BCUT2D eigenvalue weighted by molar-refractivity contribution is 0.621. The Bertz CT molecular complexity index is 1430. The molecule has 0 amide bonds. The van der Waals surface area contributed by atoms with Gasteiger partial charge in [0.1, 0.15) is 5.82 Å². The third-order valence-corrected chi connectivity index (χ3v) is 6.01. The Morgan fingerprint density at radius 2 is 1.29 bits per heavy atom. The number of benzene rings is 4. The highest BCUT2D eigenvalue weighted by Crippen LogP contribution is 2.23. The highest BCUT2D eigenvalue weighted by molar-refractivity contribution is 5.85. The zero-order chi connectivity index (χ0) is 24.5. The molecule has 0 N–H and O–H groups in total. The predicted molar refractivity (Wildman–Crippen MR) is 146 cm³/mol. The van der Waals surface area contributed by atoms with Gasteiger partial charge < -0.3 is 0 Å². The molecule has 0 nitrogen and oxygen atoms in total. The van der Waals surface area contributed by atoms with Crippen LogP contribution in [0.4, 0.5) is 4.39 Å². The Labute approximate surface area is 208 Å². The van der Waals surface area contributed by atoms with Crippen LogP contribution >= 0.6 is 0 Å². The molecule has 0 atom stereocenters. The van der Waals surface area contributed by atoms with Crippen LogP contribution in [-0.2, 0) is 12.8 Å². The molecule has 172 valence electrons. The normalized spacial score (nSPS) is 10.2. The van der Waals surface area contributed by atoms with Crippen molar-refractivity contribution >= 4 is 10.8 Å². The van der Waals surface area contributed by atoms with E-state index in [1.54, 1.807) is 0 Å². The van der Waals surface area contributed by atoms with Gasteiger partial charge in [-0.25, -0.2) is 4.39 Å². The maximum Gasteiger partial charge on any atom is 0.134 e. The van der Waals surface area contributed by atoms with E-state index in [-0.39, 0.29) is 5.82 Å². The molecule has 4 aromatic rings. The van der Waals surface area contributed by atoms with Crippen molar-refractivity contribution in [1.82, 2.24) is 0 Å². The Morgan fingerprint density at radius 3 is 1.89 bits per heavy atom. The minimum Gasteiger partial charge on any atom is -0.206 e. The number of unbranched alkanes of at least 4 members (excludes halogenated alkanes) is 1. The molecule has 0 heterocycles. The van der Waals surface area contributed by atoms with Crippen molar-refractivity contribution in [3.63, 3.8) is 0 Å². The number of fused-ring (bicyclic) bond motifs is 1. The van der Waals surface area contributed by atoms with Crippen LogP contribution in [0, 0.1) is 29.5 Å². The molecule has 0 aromatic heterocycles. The molecular formula is C34H29F. The van der Waals surface area contributed by atoms with Crippen molar-refractivity contribution in [2.24, 2.45) is 0 Å². The summed E-state index contributed by atoms with van der Waals surface area (Å²) in [6.45, 7) is 5.93. The quantitative estimate of drug-likeness (QED) is 0.202. The summed E-state index contributed by atoms with van der Waals surface area (Å²) >= 11 is 0. The second-order valence-corrected chi connectivity index (χ2v) is 8.68. The Morgan fingerprint density at radius 1 is 0.714 bits per heavy atom. The van der Waals surface area contributed by atoms with Crippen molar-refractivity contribution in [3.8, 4) is 23.7 Å². The monoisotopic (exact) mass is 456 g/mol. The summed E-state index contributed by atoms with van der Waals surface area (Å²) in [5.41, 5.74) is 5.85. The fourth-order valence-corrected chi connectivity index (χ4v) is 3.93. The fourth-order valence-electron chi connectivity index (χ4n) is 3.93. The molecule has 0 spiro atoms. The van der Waals surface area contributed by atoms with Crippen molar-refractivity contribution in [1.29, 1.82) is 0 Å². The molecule has 35 heavy (non-hydrogen) atoms. The molecule has 0 saturated heterocycles. The predicted octanol–water partition coefficient (Wildman–Crippen LogP) is 8.24. The molecule has 0 saturated carbocycles. The van der Waals surface area contributed by atoms with Crippen LogP contribution in [0.15, 0.2) is 91.5 Å². The number of rotatable bonds is 6. The number of hydrogen-bond donors (Lipinski definition) is 0. The SMILES string of the molecule is C=CCCc1ccc2cc(C#Cc3ccc(C#Cc4ccc(CCCC)cc4)cc3)ccc2c1F. The van der Waals surface area contributed by atoms with Gasteiger partial charge in [-0.3, -0.25) is 0 Å². The van der Waals surface area contributed by atoms with Crippen LogP contribution in [0.2, 0.25) is 0 Å². The highest BCUT2D eigenvalue weighted by atomic mass is 19.1. The summed E-state index contributed by atoms with van der Waals surface area (Å²) in [6, 6.07) is 25.9. The van der Waals surface area contributed by atoms with Crippen molar-refractivity contribution in [2.45, 2.75) is 39.0 Å². The van der Waals surface area contributed by atoms with E-state index in [0.29, 0.717) is 11.8 Å². The van der Waals surface area contributed by atoms with Crippen LogP contribution in [0.3, 0.4) is 0 Å². The van der Waals surface area contributed by atoms with E-state index in [2.05, 4.69) is 61.4 Å². The van der Waals surface area contributed by atoms with Gasteiger partial charge in [-0.05, 0) is 90.7 Å². The summed E-state index contributed by atoms with van der Waals surface area (Å²) in [6.07, 6.45) is 6.80. The summed E-state index contributed by atoms with van der Waals surface area (Å²) in [5.74, 6) is 12.7. The van der Waals surface area contributed by atoms with Crippen molar-refractivity contribution in [2.75, 3.05) is 0 Å². The van der Waals surface area contributed by atoms with Crippen molar-refractivity contribution in [3.05, 3.63) is 131 Å². The topological polar surface area (TPSA) is 0 Å². The molecule has 4 aromatic carbocycles. The van der Waals surface area contributed by atoms with Gasteiger partial charge in [0.05, 0.1) is 0 Å². The Kier molecular flexibility index (Phi) is 8.17. The highest BCUT2D eigenvalue weighted by Gasteiger charge is 2.07.